The molecule has 0 radical (unpaired) electrons. The molecule has 1 aliphatic carbocycles. The molecule has 0 spiro atoms. The van der Waals surface area contributed by atoms with Gasteiger partial charge in [0.05, 0.1) is 6.10 Å². The van der Waals surface area contributed by atoms with Gasteiger partial charge in [0.2, 0.25) is 0 Å². The van der Waals surface area contributed by atoms with E-state index in [-0.39, 0.29) is 11.5 Å². The van der Waals surface area contributed by atoms with E-state index in [1.807, 2.05) is 0 Å². The molecule has 0 bridgehead atoms. The maximum Gasteiger partial charge on any atom is 0.0852 e. The van der Waals surface area contributed by atoms with E-state index in [1.165, 1.54) is 23.6 Å². The fourth-order valence-electron chi connectivity index (χ4n) is 4.30. The highest BCUT2D eigenvalue weighted by molar-refractivity contribution is 5.86. The zero-order valence-corrected chi connectivity index (χ0v) is 13.2. The van der Waals surface area contributed by atoms with Crippen LogP contribution >= 0.6 is 0 Å². The van der Waals surface area contributed by atoms with Crippen molar-refractivity contribution >= 4 is 10.8 Å². The lowest BCUT2D eigenvalue weighted by Gasteiger charge is -2.36. The van der Waals surface area contributed by atoms with Crippen LogP contribution in [0.3, 0.4) is 0 Å². The number of fused-ring (bicyclic) bond motifs is 1. The van der Waals surface area contributed by atoms with Crippen molar-refractivity contribution in [2.45, 2.75) is 52.1 Å². The minimum absolute atomic E-state index is 0.0816. The highest BCUT2D eigenvalue weighted by Gasteiger charge is 2.41. The van der Waals surface area contributed by atoms with Crippen LogP contribution in [0.2, 0.25) is 0 Å². The van der Waals surface area contributed by atoms with E-state index in [9.17, 15) is 5.11 Å². The first kappa shape index (κ1) is 14.6. The Morgan fingerprint density at radius 3 is 2.38 bits per heavy atom. The van der Waals surface area contributed by atoms with Gasteiger partial charge in [-0.2, -0.15) is 0 Å². The van der Waals surface area contributed by atoms with E-state index < -0.39 is 0 Å². The van der Waals surface area contributed by atoms with E-state index in [2.05, 4.69) is 56.3 Å². The maximum atomic E-state index is 11.2. The third-order valence-corrected chi connectivity index (χ3v) is 5.11. The van der Waals surface area contributed by atoms with Crippen LogP contribution in [0.25, 0.3) is 10.8 Å². The third kappa shape index (κ3) is 2.72. The van der Waals surface area contributed by atoms with Gasteiger partial charge in [0, 0.05) is 5.41 Å². The van der Waals surface area contributed by atoms with Crippen LogP contribution < -0.4 is 0 Å². The fraction of sp³-hybridized carbons (Fsp3) is 0.500. The Bertz CT molecular complexity index is 603. The summed E-state index contributed by atoms with van der Waals surface area (Å²) >= 11 is 0. The van der Waals surface area contributed by atoms with E-state index in [1.54, 1.807) is 0 Å². The SMILES string of the molecule is CC(C)CC1(C(O)c2cccc3ccccc23)CCCC1. The molecule has 112 valence electrons. The molecular formula is C20H26O. The van der Waals surface area contributed by atoms with E-state index in [0.29, 0.717) is 5.92 Å². The molecule has 0 amide bonds. The Morgan fingerprint density at radius 1 is 1.00 bits per heavy atom. The number of hydrogen-bond donors (Lipinski definition) is 1. The van der Waals surface area contributed by atoms with Crippen LogP contribution in [0, 0.1) is 11.3 Å². The molecule has 1 fully saturated rings. The molecule has 1 unspecified atom stereocenters. The molecule has 2 aromatic rings. The van der Waals surface area contributed by atoms with Gasteiger partial charge in [-0.1, -0.05) is 69.2 Å². The van der Waals surface area contributed by atoms with Gasteiger partial charge in [0.25, 0.3) is 0 Å². The van der Waals surface area contributed by atoms with Gasteiger partial charge in [-0.3, -0.25) is 0 Å². The summed E-state index contributed by atoms with van der Waals surface area (Å²) in [6.07, 6.45) is 5.62. The summed E-state index contributed by atoms with van der Waals surface area (Å²) in [5.74, 6) is 0.632. The third-order valence-electron chi connectivity index (χ3n) is 5.11. The molecule has 21 heavy (non-hydrogen) atoms. The molecule has 1 N–H and O–H groups in total. The van der Waals surface area contributed by atoms with Crippen molar-refractivity contribution in [3.8, 4) is 0 Å². The minimum Gasteiger partial charge on any atom is -0.388 e. The van der Waals surface area contributed by atoms with Gasteiger partial charge in [0.1, 0.15) is 0 Å². The average molecular weight is 282 g/mol. The molecular weight excluding hydrogens is 256 g/mol. The molecule has 0 heterocycles. The molecule has 1 atom stereocenters. The molecule has 2 aromatic carbocycles. The summed E-state index contributed by atoms with van der Waals surface area (Å²) in [7, 11) is 0. The summed E-state index contributed by atoms with van der Waals surface area (Å²) in [6, 6.07) is 14.8. The number of benzene rings is 2. The van der Waals surface area contributed by atoms with Crippen molar-refractivity contribution in [3.05, 3.63) is 48.0 Å². The Balaban J connectivity index is 2.04. The predicted molar refractivity (Wildman–Crippen MR) is 89.3 cm³/mol. The van der Waals surface area contributed by atoms with Crippen LogP contribution in [0.4, 0.5) is 0 Å². The fourth-order valence-corrected chi connectivity index (χ4v) is 4.30. The minimum atomic E-state index is -0.339. The monoisotopic (exact) mass is 282 g/mol. The largest absolute Gasteiger partial charge is 0.388 e. The summed E-state index contributed by atoms with van der Waals surface area (Å²) < 4.78 is 0. The second kappa shape index (κ2) is 5.81. The summed E-state index contributed by atoms with van der Waals surface area (Å²) in [6.45, 7) is 4.55. The average Bonchev–Trinajstić information content (AvgIpc) is 2.95. The number of aliphatic hydroxyl groups excluding tert-OH is 1. The van der Waals surface area contributed by atoms with Gasteiger partial charge < -0.3 is 5.11 Å². The number of rotatable bonds is 4. The van der Waals surface area contributed by atoms with Gasteiger partial charge in [0.15, 0.2) is 0 Å². The van der Waals surface area contributed by atoms with Crippen molar-refractivity contribution < 1.29 is 5.11 Å². The topological polar surface area (TPSA) is 20.2 Å². The standard InChI is InChI=1S/C20H26O/c1-15(2)14-20(12-5-6-13-20)19(21)18-11-7-9-16-8-3-4-10-17(16)18/h3-4,7-11,15,19,21H,5-6,12-14H2,1-2H3. The second-order valence-corrected chi connectivity index (χ2v) is 7.14. The predicted octanol–water partition coefficient (Wildman–Crippen LogP) is 5.48. The molecule has 3 rings (SSSR count). The van der Waals surface area contributed by atoms with Crippen molar-refractivity contribution in [2.24, 2.45) is 11.3 Å². The first-order valence-electron chi connectivity index (χ1n) is 8.28. The van der Waals surface area contributed by atoms with Gasteiger partial charge >= 0.3 is 0 Å². The first-order valence-corrected chi connectivity index (χ1v) is 8.28. The summed E-state index contributed by atoms with van der Waals surface area (Å²) in [5.41, 5.74) is 1.20. The Morgan fingerprint density at radius 2 is 1.67 bits per heavy atom. The molecule has 0 saturated heterocycles. The van der Waals surface area contributed by atoms with Gasteiger partial charge in [-0.25, -0.2) is 0 Å². The molecule has 0 aromatic heterocycles. The molecule has 1 nitrogen and oxygen atoms in total. The summed E-state index contributed by atoms with van der Waals surface area (Å²) in [4.78, 5) is 0. The smallest absolute Gasteiger partial charge is 0.0852 e. The molecule has 1 aliphatic rings. The Kier molecular flexibility index (Phi) is 4.03. The maximum absolute atomic E-state index is 11.2. The van der Waals surface area contributed by atoms with Crippen molar-refractivity contribution in [1.82, 2.24) is 0 Å². The lowest BCUT2D eigenvalue weighted by molar-refractivity contribution is 0.0122. The second-order valence-electron chi connectivity index (χ2n) is 7.14. The number of aliphatic hydroxyl groups is 1. The zero-order valence-electron chi connectivity index (χ0n) is 13.2. The normalized spacial score (nSPS) is 19.2. The van der Waals surface area contributed by atoms with Crippen molar-refractivity contribution in [2.75, 3.05) is 0 Å². The van der Waals surface area contributed by atoms with Crippen LogP contribution in [0.5, 0.6) is 0 Å². The van der Waals surface area contributed by atoms with Crippen molar-refractivity contribution in [3.63, 3.8) is 0 Å². The van der Waals surface area contributed by atoms with Crippen molar-refractivity contribution in [1.29, 1.82) is 0 Å². The van der Waals surface area contributed by atoms with Gasteiger partial charge in [-0.15, -0.1) is 0 Å². The number of hydrogen-bond acceptors (Lipinski definition) is 1. The van der Waals surface area contributed by atoms with Crippen LogP contribution in [0.1, 0.15) is 57.6 Å². The van der Waals surface area contributed by atoms with E-state index >= 15 is 0 Å². The quantitative estimate of drug-likeness (QED) is 0.787. The van der Waals surface area contributed by atoms with Crippen LogP contribution in [0.15, 0.2) is 42.5 Å². The molecule has 1 saturated carbocycles. The highest BCUT2D eigenvalue weighted by Crippen LogP contribution is 2.52. The zero-order chi connectivity index (χ0) is 14.9. The van der Waals surface area contributed by atoms with E-state index in [4.69, 9.17) is 0 Å². The van der Waals surface area contributed by atoms with Gasteiger partial charge in [-0.05, 0) is 41.5 Å². The molecule has 0 aliphatic heterocycles. The lowest BCUT2D eigenvalue weighted by atomic mass is 9.71. The molecule has 1 heteroatoms. The lowest BCUT2D eigenvalue weighted by Crippen LogP contribution is -2.28. The summed E-state index contributed by atoms with van der Waals surface area (Å²) in [5, 5.41) is 13.7. The van der Waals surface area contributed by atoms with Crippen LogP contribution in [-0.2, 0) is 0 Å². The Labute approximate surface area is 128 Å². The van der Waals surface area contributed by atoms with E-state index in [0.717, 1.165) is 24.8 Å². The highest BCUT2D eigenvalue weighted by atomic mass is 16.3. The first-order chi connectivity index (χ1) is 10.1. The Hall–Kier alpha value is -1.34. The van der Waals surface area contributed by atoms with Crippen LogP contribution in [-0.4, -0.2) is 5.11 Å².